The molecule has 2 rings (SSSR count). The standard InChI is InChI=1S/C9H10.H4N2/c1-2-5-9-7-3-6-8(9)4-1;1-2/h1-2,4-5H,3,6-7H2;1-2H2. The summed E-state index contributed by atoms with van der Waals surface area (Å²) >= 11 is 0. The fourth-order valence-electron chi connectivity index (χ4n) is 1.51. The highest BCUT2D eigenvalue weighted by Gasteiger charge is 2.07. The highest BCUT2D eigenvalue weighted by Crippen LogP contribution is 2.20. The van der Waals surface area contributed by atoms with E-state index in [9.17, 15) is 0 Å². The van der Waals surface area contributed by atoms with Gasteiger partial charge in [-0.05, 0) is 30.4 Å². The lowest BCUT2D eigenvalue weighted by Gasteiger charge is -1.93. The number of hydrogen-bond donors (Lipinski definition) is 2. The quantitative estimate of drug-likeness (QED) is 0.428. The van der Waals surface area contributed by atoms with E-state index in [1.54, 1.807) is 11.1 Å². The summed E-state index contributed by atoms with van der Waals surface area (Å²) in [5, 5.41) is 0. The second-order valence-corrected chi connectivity index (χ2v) is 2.62. The van der Waals surface area contributed by atoms with Crippen LogP contribution in [0.3, 0.4) is 0 Å². The molecule has 0 aliphatic heterocycles. The minimum atomic E-state index is 1.30. The molecular formula is C9H14N2. The van der Waals surface area contributed by atoms with Crippen molar-refractivity contribution in [3.05, 3.63) is 35.4 Å². The van der Waals surface area contributed by atoms with Crippen molar-refractivity contribution >= 4 is 0 Å². The zero-order valence-corrected chi connectivity index (χ0v) is 6.59. The maximum absolute atomic E-state index is 4.00. The van der Waals surface area contributed by atoms with Crippen LogP contribution in [0.4, 0.5) is 0 Å². The van der Waals surface area contributed by atoms with Crippen molar-refractivity contribution in [2.75, 3.05) is 0 Å². The van der Waals surface area contributed by atoms with E-state index in [2.05, 4.69) is 36.0 Å². The van der Waals surface area contributed by atoms with Crippen molar-refractivity contribution in [3.8, 4) is 0 Å². The van der Waals surface area contributed by atoms with E-state index in [0.29, 0.717) is 0 Å². The smallest absolute Gasteiger partial charge is 0.0273 e. The van der Waals surface area contributed by atoms with Gasteiger partial charge in [0.25, 0.3) is 0 Å². The van der Waals surface area contributed by atoms with Gasteiger partial charge in [-0.25, -0.2) is 0 Å². The van der Waals surface area contributed by atoms with Crippen LogP contribution in [-0.4, -0.2) is 0 Å². The number of hydrazine groups is 1. The summed E-state index contributed by atoms with van der Waals surface area (Å²) in [6, 6.07) is 8.74. The monoisotopic (exact) mass is 150 g/mol. The molecule has 0 aromatic heterocycles. The second-order valence-electron chi connectivity index (χ2n) is 2.62. The number of benzene rings is 1. The highest BCUT2D eigenvalue weighted by atomic mass is 15.0. The second kappa shape index (κ2) is 4.11. The van der Waals surface area contributed by atoms with Gasteiger partial charge < -0.3 is 0 Å². The number of fused-ring (bicyclic) bond motifs is 1. The summed E-state index contributed by atoms with van der Waals surface area (Å²) in [6.07, 6.45) is 3.96. The fraction of sp³-hybridized carbons (Fsp3) is 0.333. The normalized spacial score (nSPS) is 13.3. The minimum Gasteiger partial charge on any atom is -0.274 e. The SMILES string of the molecule is NN.c1ccc2c(c1)CCC2. The molecule has 0 atom stereocenters. The highest BCUT2D eigenvalue weighted by molar-refractivity contribution is 5.30. The van der Waals surface area contributed by atoms with Gasteiger partial charge in [0.2, 0.25) is 0 Å². The van der Waals surface area contributed by atoms with E-state index >= 15 is 0 Å². The van der Waals surface area contributed by atoms with Crippen LogP contribution in [0.5, 0.6) is 0 Å². The van der Waals surface area contributed by atoms with Gasteiger partial charge in [-0.2, -0.15) is 0 Å². The Balaban J connectivity index is 0.000000281. The topological polar surface area (TPSA) is 52.0 Å². The van der Waals surface area contributed by atoms with Gasteiger partial charge in [0.05, 0.1) is 0 Å². The Kier molecular flexibility index (Phi) is 3.08. The molecule has 0 fully saturated rings. The predicted molar refractivity (Wildman–Crippen MR) is 46.8 cm³/mol. The van der Waals surface area contributed by atoms with Crippen molar-refractivity contribution in [3.63, 3.8) is 0 Å². The Morgan fingerprint density at radius 2 is 1.36 bits per heavy atom. The summed E-state index contributed by atoms with van der Waals surface area (Å²) < 4.78 is 0. The predicted octanol–water partition coefficient (Wildman–Crippen LogP) is 0.994. The average molecular weight is 150 g/mol. The molecule has 0 saturated heterocycles. The summed E-state index contributed by atoms with van der Waals surface area (Å²) in [6.45, 7) is 0. The summed E-state index contributed by atoms with van der Waals surface area (Å²) in [4.78, 5) is 0. The number of hydrogen-bond acceptors (Lipinski definition) is 2. The molecule has 60 valence electrons. The van der Waals surface area contributed by atoms with Gasteiger partial charge in [-0.1, -0.05) is 24.3 Å². The van der Waals surface area contributed by atoms with E-state index in [1.807, 2.05) is 0 Å². The van der Waals surface area contributed by atoms with Crippen molar-refractivity contribution in [1.29, 1.82) is 0 Å². The zero-order valence-electron chi connectivity index (χ0n) is 6.59. The summed E-state index contributed by atoms with van der Waals surface area (Å²) in [7, 11) is 0. The van der Waals surface area contributed by atoms with E-state index in [4.69, 9.17) is 0 Å². The van der Waals surface area contributed by atoms with Crippen LogP contribution in [0.25, 0.3) is 0 Å². The van der Waals surface area contributed by atoms with Crippen LogP contribution >= 0.6 is 0 Å². The van der Waals surface area contributed by atoms with E-state index in [0.717, 1.165) is 0 Å². The molecule has 0 amide bonds. The molecule has 11 heavy (non-hydrogen) atoms. The van der Waals surface area contributed by atoms with Crippen LogP contribution in [0.2, 0.25) is 0 Å². The number of nitrogens with two attached hydrogens (primary N) is 2. The fourth-order valence-corrected chi connectivity index (χ4v) is 1.51. The van der Waals surface area contributed by atoms with Gasteiger partial charge in [-0.15, -0.1) is 0 Å². The number of aryl methyl sites for hydroxylation is 2. The van der Waals surface area contributed by atoms with Gasteiger partial charge in [0.15, 0.2) is 0 Å². The van der Waals surface area contributed by atoms with E-state index < -0.39 is 0 Å². The molecule has 4 N–H and O–H groups in total. The molecule has 0 heterocycles. The van der Waals surface area contributed by atoms with E-state index in [-0.39, 0.29) is 0 Å². The first-order valence-electron chi connectivity index (χ1n) is 3.87. The molecule has 0 saturated carbocycles. The molecule has 1 aliphatic carbocycles. The van der Waals surface area contributed by atoms with Gasteiger partial charge >= 0.3 is 0 Å². The lowest BCUT2D eigenvalue weighted by molar-refractivity contribution is 0.912. The third kappa shape index (κ3) is 1.79. The molecule has 1 aromatic carbocycles. The van der Waals surface area contributed by atoms with Crippen LogP contribution in [0, 0.1) is 0 Å². The van der Waals surface area contributed by atoms with Crippen molar-refractivity contribution in [1.82, 2.24) is 0 Å². The Morgan fingerprint density at radius 1 is 0.909 bits per heavy atom. The summed E-state index contributed by atoms with van der Waals surface area (Å²) in [5.74, 6) is 8.00. The van der Waals surface area contributed by atoms with Crippen LogP contribution in [-0.2, 0) is 12.8 Å². The van der Waals surface area contributed by atoms with Gasteiger partial charge in [0, 0.05) is 0 Å². The maximum Gasteiger partial charge on any atom is -0.0273 e. The van der Waals surface area contributed by atoms with Crippen molar-refractivity contribution < 1.29 is 0 Å². The molecular weight excluding hydrogens is 136 g/mol. The third-order valence-corrected chi connectivity index (χ3v) is 2.01. The molecule has 0 unspecified atom stereocenters. The molecule has 0 radical (unpaired) electrons. The first-order chi connectivity index (χ1) is 5.47. The molecule has 0 spiro atoms. The van der Waals surface area contributed by atoms with Crippen LogP contribution in [0.1, 0.15) is 17.5 Å². The largest absolute Gasteiger partial charge is 0.274 e. The molecule has 0 bridgehead atoms. The van der Waals surface area contributed by atoms with E-state index in [1.165, 1.54) is 19.3 Å². The van der Waals surface area contributed by atoms with Gasteiger partial charge in [0.1, 0.15) is 0 Å². The zero-order chi connectivity index (χ0) is 8.10. The van der Waals surface area contributed by atoms with Crippen LogP contribution < -0.4 is 11.7 Å². The Labute approximate surface area is 67.2 Å². The Morgan fingerprint density at radius 3 is 1.82 bits per heavy atom. The first kappa shape index (κ1) is 8.24. The molecule has 1 aromatic rings. The van der Waals surface area contributed by atoms with Gasteiger partial charge in [-0.3, -0.25) is 11.7 Å². The maximum atomic E-state index is 4.00. The van der Waals surface area contributed by atoms with Crippen LogP contribution in [0.15, 0.2) is 24.3 Å². The van der Waals surface area contributed by atoms with Crippen molar-refractivity contribution in [2.45, 2.75) is 19.3 Å². The summed E-state index contributed by atoms with van der Waals surface area (Å²) in [5.41, 5.74) is 3.13. The lowest BCUT2D eigenvalue weighted by atomic mass is 10.1. The molecule has 2 nitrogen and oxygen atoms in total. The van der Waals surface area contributed by atoms with Crippen molar-refractivity contribution in [2.24, 2.45) is 11.7 Å². The average Bonchev–Trinajstić information content (AvgIpc) is 2.55. The first-order valence-corrected chi connectivity index (χ1v) is 3.87. The third-order valence-electron chi connectivity index (χ3n) is 2.01. The minimum absolute atomic E-state index is 1.30. The Bertz CT molecular complexity index is 198. The number of rotatable bonds is 0. The lowest BCUT2D eigenvalue weighted by Crippen LogP contribution is -2.02. The Hall–Kier alpha value is -0.860. The molecule has 1 aliphatic rings. The molecule has 2 heteroatoms.